The van der Waals surface area contributed by atoms with E-state index in [1.807, 2.05) is 26.0 Å². The number of benzene rings is 2. The summed E-state index contributed by atoms with van der Waals surface area (Å²) in [6.45, 7) is 8.06. The summed E-state index contributed by atoms with van der Waals surface area (Å²) in [6, 6.07) is 13.6. The number of hydrogen-bond donors (Lipinski definition) is 0. The minimum atomic E-state index is -0.785. The summed E-state index contributed by atoms with van der Waals surface area (Å²) in [5.74, 6) is -0.426. The Kier molecular flexibility index (Phi) is 7.16. The summed E-state index contributed by atoms with van der Waals surface area (Å²) in [4.78, 5) is 42.1. The van der Waals surface area contributed by atoms with Crippen molar-refractivity contribution >= 4 is 35.0 Å². The van der Waals surface area contributed by atoms with Crippen molar-refractivity contribution in [3.05, 3.63) is 64.7 Å². The van der Waals surface area contributed by atoms with Gasteiger partial charge in [-0.2, -0.15) is 0 Å². The lowest BCUT2D eigenvalue weighted by molar-refractivity contribution is -0.140. The Morgan fingerprint density at radius 1 is 1.06 bits per heavy atom. The fraction of sp³-hybridized carbons (Fsp3) is 0.400. The Balaban J connectivity index is 1.84. The molecule has 1 aliphatic heterocycles. The molecule has 5 nitrogen and oxygen atoms in total. The molecule has 31 heavy (non-hydrogen) atoms. The molecule has 0 spiro atoms. The quantitative estimate of drug-likeness (QED) is 0.571. The van der Waals surface area contributed by atoms with Crippen molar-refractivity contribution in [3.8, 4) is 0 Å². The van der Waals surface area contributed by atoms with E-state index >= 15 is 0 Å². The van der Waals surface area contributed by atoms with E-state index in [-0.39, 0.29) is 36.6 Å². The molecule has 1 aliphatic rings. The molecule has 2 atom stereocenters. The van der Waals surface area contributed by atoms with Crippen LogP contribution in [0.25, 0.3) is 0 Å². The molecule has 6 heteroatoms. The van der Waals surface area contributed by atoms with Crippen LogP contribution in [0.2, 0.25) is 5.02 Å². The van der Waals surface area contributed by atoms with Gasteiger partial charge in [0.05, 0.1) is 18.5 Å². The summed E-state index contributed by atoms with van der Waals surface area (Å²) in [6.07, 6.45) is 0.845. The predicted octanol–water partition coefficient (Wildman–Crippen LogP) is 4.97. The number of nitrogens with zero attached hydrogens (tertiary/aromatic N) is 2. The van der Waals surface area contributed by atoms with Gasteiger partial charge >= 0.3 is 0 Å². The van der Waals surface area contributed by atoms with Gasteiger partial charge in [0.25, 0.3) is 5.91 Å². The number of rotatable bonds is 7. The molecule has 2 aromatic carbocycles. The molecular weight excluding hydrogens is 412 g/mol. The largest absolute Gasteiger partial charge is 0.327 e. The fourth-order valence-electron chi connectivity index (χ4n) is 3.90. The van der Waals surface area contributed by atoms with Gasteiger partial charge in [-0.15, -0.1) is 0 Å². The van der Waals surface area contributed by atoms with Crippen LogP contribution < -0.4 is 4.90 Å². The third-order valence-electron chi connectivity index (χ3n) is 5.90. The number of imide groups is 1. The second-order valence-corrected chi connectivity index (χ2v) is 8.83. The van der Waals surface area contributed by atoms with Gasteiger partial charge < -0.3 is 4.90 Å². The zero-order valence-corrected chi connectivity index (χ0v) is 19.2. The number of hydrogen-bond acceptors (Lipinski definition) is 3. The first kappa shape index (κ1) is 23.0. The maximum absolute atomic E-state index is 13.3. The number of amides is 3. The molecule has 164 valence electrons. The van der Waals surface area contributed by atoms with Crippen LogP contribution >= 0.6 is 11.6 Å². The smallest absolute Gasteiger partial charge is 0.257 e. The summed E-state index contributed by atoms with van der Waals surface area (Å²) in [7, 11) is 0. The number of halogens is 1. The van der Waals surface area contributed by atoms with E-state index in [1.54, 1.807) is 41.3 Å². The molecule has 0 bridgehead atoms. The van der Waals surface area contributed by atoms with Gasteiger partial charge in [-0.05, 0) is 54.7 Å². The number of carbonyl (C=O) groups excluding carboxylic acids is 3. The molecular formula is C25H29ClN2O3. The first-order valence-corrected chi connectivity index (χ1v) is 11.1. The van der Waals surface area contributed by atoms with Gasteiger partial charge in [-0.3, -0.25) is 14.4 Å². The second kappa shape index (κ2) is 9.65. The lowest BCUT2D eigenvalue weighted by Crippen LogP contribution is -2.50. The van der Waals surface area contributed by atoms with Crippen molar-refractivity contribution in [2.24, 2.45) is 0 Å². The van der Waals surface area contributed by atoms with E-state index in [2.05, 4.69) is 13.8 Å². The molecule has 0 aromatic heterocycles. The van der Waals surface area contributed by atoms with Crippen LogP contribution in [0.1, 0.15) is 57.6 Å². The van der Waals surface area contributed by atoms with Crippen LogP contribution in [0.5, 0.6) is 0 Å². The minimum Gasteiger partial charge on any atom is -0.327 e. The van der Waals surface area contributed by atoms with E-state index in [4.69, 9.17) is 11.6 Å². The van der Waals surface area contributed by atoms with E-state index in [1.165, 1.54) is 4.90 Å². The Labute approximate surface area is 189 Å². The normalized spacial score (nSPS) is 17.4. The Bertz CT molecular complexity index is 954. The molecule has 2 aromatic rings. The average Bonchev–Trinajstić information content (AvgIpc) is 3.03. The highest BCUT2D eigenvalue weighted by molar-refractivity contribution is 6.30. The highest BCUT2D eigenvalue weighted by Gasteiger charge is 2.45. The topological polar surface area (TPSA) is 57.7 Å². The summed E-state index contributed by atoms with van der Waals surface area (Å²) in [5, 5.41) is 0.602. The van der Waals surface area contributed by atoms with Crippen LogP contribution in [-0.2, 0) is 20.8 Å². The molecule has 0 radical (unpaired) electrons. The summed E-state index contributed by atoms with van der Waals surface area (Å²) >= 11 is 5.94. The molecule has 1 saturated heterocycles. The van der Waals surface area contributed by atoms with Crippen LogP contribution in [0.3, 0.4) is 0 Å². The van der Waals surface area contributed by atoms with Gasteiger partial charge in [-0.1, -0.05) is 56.6 Å². The number of anilines is 1. The van der Waals surface area contributed by atoms with Crippen molar-refractivity contribution in [3.63, 3.8) is 0 Å². The van der Waals surface area contributed by atoms with Crippen LogP contribution in [0.4, 0.5) is 5.69 Å². The Morgan fingerprint density at radius 3 is 2.23 bits per heavy atom. The maximum atomic E-state index is 13.3. The highest BCUT2D eigenvalue weighted by Crippen LogP contribution is 2.29. The minimum absolute atomic E-state index is 0.00145. The number of carbonyl (C=O) groups is 3. The zero-order chi connectivity index (χ0) is 22.7. The highest BCUT2D eigenvalue weighted by atomic mass is 35.5. The molecule has 3 rings (SSSR count). The van der Waals surface area contributed by atoms with E-state index in [0.717, 1.165) is 11.1 Å². The van der Waals surface area contributed by atoms with Gasteiger partial charge in [-0.25, -0.2) is 4.90 Å². The maximum Gasteiger partial charge on any atom is 0.257 e. The van der Waals surface area contributed by atoms with Gasteiger partial charge in [0.1, 0.15) is 6.04 Å². The monoisotopic (exact) mass is 440 g/mol. The molecule has 2 unspecified atom stereocenters. The van der Waals surface area contributed by atoms with Crippen molar-refractivity contribution in [1.82, 2.24) is 4.90 Å². The average molecular weight is 441 g/mol. The van der Waals surface area contributed by atoms with Gasteiger partial charge in [0.15, 0.2) is 0 Å². The van der Waals surface area contributed by atoms with Crippen molar-refractivity contribution < 1.29 is 14.4 Å². The third-order valence-corrected chi connectivity index (χ3v) is 6.15. The predicted molar refractivity (Wildman–Crippen MR) is 123 cm³/mol. The second-order valence-electron chi connectivity index (χ2n) is 8.40. The van der Waals surface area contributed by atoms with Crippen LogP contribution in [-0.4, -0.2) is 34.7 Å². The van der Waals surface area contributed by atoms with Crippen molar-refractivity contribution in [1.29, 1.82) is 0 Å². The fourth-order valence-corrected chi connectivity index (χ4v) is 4.03. The lowest BCUT2D eigenvalue weighted by atomic mass is 10.0. The summed E-state index contributed by atoms with van der Waals surface area (Å²) < 4.78 is 0. The standard InChI is InChI=1S/C25H29ClN2O3/c1-5-17(4)27(23(29)14-18-6-10-20(26)11-7-18)22-15-24(30)28(25(22)31)21-12-8-19(9-13-21)16(2)3/h6-13,16-17,22H,5,14-15H2,1-4H3. The first-order chi connectivity index (χ1) is 14.7. The molecule has 0 N–H and O–H groups in total. The van der Waals surface area contributed by atoms with E-state index < -0.39 is 6.04 Å². The zero-order valence-electron chi connectivity index (χ0n) is 18.5. The van der Waals surface area contributed by atoms with E-state index in [9.17, 15) is 14.4 Å². The van der Waals surface area contributed by atoms with Crippen molar-refractivity contribution in [2.75, 3.05) is 4.90 Å². The van der Waals surface area contributed by atoms with Crippen molar-refractivity contribution in [2.45, 2.75) is 65.0 Å². The SMILES string of the molecule is CCC(C)N(C(=O)Cc1ccc(Cl)cc1)C1CC(=O)N(c2ccc(C(C)C)cc2)C1=O. The molecule has 0 aliphatic carbocycles. The molecule has 1 fully saturated rings. The Morgan fingerprint density at radius 2 is 1.68 bits per heavy atom. The third kappa shape index (κ3) is 4.99. The molecule has 3 amide bonds. The Hall–Kier alpha value is -2.66. The van der Waals surface area contributed by atoms with E-state index in [0.29, 0.717) is 23.0 Å². The summed E-state index contributed by atoms with van der Waals surface area (Å²) in [5.41, 5.74) is 2.51. The first-order valence-electron chi connectivity index (χ1n) is 10.7. The van der Waals surface area contributed by atoms with Gasteiger partial charge in [0, 0.05) is 11.1 Å². The molecule has 0 saturated carbocycles. The van der Waals surface area contributed by atoms with Gasteiger partial charge in [0.2, 0.25) is 11.8 Å². The lowest BCUT2D eigenvalue weighted by Gasteiger charge is -2.33. The molecule has 1 heterocycles. The van der Waals surface area contributed by atoms with Crippen LogP contribution in [0, 0.1) is 0 Å². The van der Waals surface area contributed by atoms with Crippen LogP contribution in [0.15, 0.2) is 48.5 Å².